The zero-order valence-corrected chi connectivity index (χ0v) is 10.8. The predicted molar refractivity (Wildman–Crippen MR) is 67.7 cm³/mol. The van der Waals surface area contributed by atoms with Crippen molar-refractivity contribution in [1.29, 1.82) is 0 Å². The monoisotopic (exact) mass is 227 g/mol. The highest BCUT2D eigenvalue weighted by Gasteiger charge is 2.03. The van der Waals surface area contributed by atoms with Crippen LogP contribution in [0.5, 0.6) is 0 Å². The lowest BCUT2D eigenvalue weighted by molar-refractivity contribution is 0.845. The number of nitrogens with two attached hydrogens (primary N) is 1. The van der Waals surface area contributed by atoms with E-state index in [0.717, 1.165) is 17.8 Å². The van der Waals surface area contributed by atoms with E-state index >= 15 is 0 Å². The van der Waals surface area contributed by atoms with Gasteiger partial charge in [-0.05, 0) is 12.5 Å². The molecule has 0 aliphatic heterocycles. The zero-order chi connectivity index (χ0) is 11.7. The normalized spacial score (nSPS) is 11.5. The van der Waals surface area contributed by atoms with Gasteiger partial charge in [0.1, 0.15) is 5.82 Å². The summed E-state index contributed by atoms with van der Waals surface area (Å²) in [5.74, 6) is 0.867. The second-order valence-corrected chi connectivity index (χ2v) is 4.61. The standard InChI is InChI=1S/C8H13N3S.C3H8/c1-6-4-10-8(11-5-6)3-7(2)12-9;1-3-2/h4-5,7H,3,9H2,1-2H3;3H2,1-2H3. The Labute approximate surface area is 97.0 Å². The molecule has 1 rings (SSSR count). The summed E-state index contributed by atoms with van der Waals surface area (Å²) in [7, 11) is 0. The van der Waals surface area contributed by atoms with E-state index in [1.54, 1.807) is 0 Å². The molecule has 15 heavy (non-hydrogen) atoms. The number of nitrogens with zero attached hydrogens (tertiary/aromatic N) is 2. The van der Waals surface area contributed by atoms with Crippen molar-refractivity contribution < 1.29 is 0 Å². The van der Waals surface area contributed by atoms with Crippen LogP contribution in [0.4, 0.5) is 0 Å². The van der Waals surface area contributed by atoms with Crippen LogP contribution >= 0.6 is 11.9 Å². The van der Waals surface area contributed by atoms with E-state index in [9.17, 15) is 0 Å². The quantitative estimate of drug-likeness (QED) is 0.807. The van der Waals surface area contributed by atoms with E-state index in [1.165, 1.54) is 18.4 Å². The predicted octanol–water partition coefficient (Wildman–Crippen LogP) is 2.74. The molecule has 0 fully saturated rings. The highest BCUT2D eigenvalue weighted by molar-refractivity contribution is 7.97. The van der Waals surface area contributed by atoms with Crippen molar-refractivity contribution in [2.45, 2.75) is 45.8 Å². The van der Waals surface area contributed by atoms with Gasteiger partial charge in [0.25, 0.3) is 0 Å². The fourth-order valence-corrected chi connectivity index (χ4v) is 1.08. The van der Waals surface area contributed by atoms with Gasteiger partial charge in [0.15, 0.2) is 0 Å². The number of hydrogen-bond donors (Lipinski definition) is 1. The van der Waals surface area contributed by atoms with Crippen LogP contribution in [-0.2, 0) is 6.42 Å². The third-order valence-electron chi connectivity index (χ3n) is 1.54. The van der Waals surface area contributed by atoms with Gasteiger partial charge in [-0.1, -0.05) is 39.1 Å². The lowest BCUT2D eigenvalue weighted by Crippen LogP contribution is -2.07. The maximum atomic E-state index is 5.41. The van der Waals surface area contributed by atoms with E-state index < -0.39 is 0 Å². The Bertz CT molecular complexity index is 249. The Hall–Kier alpha value is -0.610. The molecule has 1 heterocycles. The molecule has 0 aliphatic rings. The minimum Gasteiger partial charge on any atom is -0.278 e. The molecule has 0 saturated heterocycles. The van der Waals surface area contributed by atoms with E-state index in [2.05, 4.69) is 30.7 Å². The molecule has 2 N–H and O–H groups in total. The molecule has 3 nitrogen and oxygen atoms in total. The molecular weight excluding hydrogens is 206 g/mol. The van der Waals surface area contributed by atoms with Crippen molar-refractivity contribution in [1.82, 2.24) is 9.97 Å². The Balaban J connectivity index is 0.000000583. The Morgan fingerprint density at radius 2 is 1.80 bits per heavy atom. The average molecular weight is 227 g/mol. The molecule has 0 aliphatic carbocycles. The SMILES string of the molecule is CCC.Cc1cnc(CC(C)SN)nc1. The molecule has 0 bridgehead atoms. The van der Waals surface area contributed by atoms with E-state index in [0.29, 0.717) is 5.25 Å². The average Bonchev–Trinajstić information content (AvgIpc) is 2.22. The van der Waals surface area contributed by atoms with Crippen LogP contribution in [0.1, 0.15) is 38.6 Å². The van der Waals surface area contributed by atoms with Crippen molar-refractivity contribution >= 4 is 11.9 Å². The van der Waals surface area contributed by atoms with Gasteiger partial charge in [-0.25, -0.2) is 9.97 Å². The first-order valence-corrected chi connectivity index (χ1v) is 6.21. The smallest absolute Gasteiger partial charge is 0.129 e. The van der Waals surface area contributed by atoms with Crippen molar-refractivity contribution in [3.05, 3.63) is 23.8 Å². The molecule has 86 valence electrons. The van der Waals surface area contributed by atoms with Crippen molar-refractivity contribution in [2.24, 2.45) is 5.14 Å². The third kappa shape index (κ3) is 7.33. The summed E-state index contributed by atoms with van der Waals surface area (Å²) in [5.41, 5.74) is 1.09. The van der Waals surface area contributed by atoms with Crippen LogP contribution in [0.2, 0.25) is 0 Å². The summed E-state index contributed by atoms with van der Waals surface area (Å²) in [6.45, 7) is 8.29. The fourth-order valence-electron chi connectivity index (χ4n) is 0.830. The summed E-state index contributed by atoms with van der Waals surface area (Å²) in [5, 5.41) is 5.79. The Kier molecular flexibility index (Phi) is 8.33. The summed E-state index contributed by atoms with van der Waals surface area (Å²) >= 11 is 1.34. The second-order valence-electron chi connectivity index (χ2n) is 3.53. The summed E-state index contributed by atoms with van der Waals surface area (Å²) in [4.78, 5) is 8.37. The molecule has 0 saturated carbocycles. The minimum absolute atomic E-state index is 0.382. The van der Waals surface area contributed by atoms with Gasteiger partial charge in [-0.3, -0.25) is 5.14 Å². The highest BCUT2D eigenvalue weighted by atomic mass is 32.2. The maximum Gasteiger partial charge on any atom is 0.129 e. The first kappa shape index (κ1) is 14.4. The highest BCUT2D eigenvalue weighted by Crippen LogP contribution is 2.06. The van der Waals surface area contributed by atoms with Gasteiger partial charge < -0.3 is 0 Å². The lowest BCUT2D eigenvalue weighted by atomic mass is 10.3. The van der Waals surface area contributed by atoms with Crippen molar-refractivity contribution in [3.63, 3.8) is 0 Å². The maximum absolute atomic E-state index is 5.41. The van der Waals surface area contributed by atoms with Crippen LogP contribution in [0, 0.1) is 6.92 Å². The summed E-state index contributed by atoms with van der Waals surface area (Å²) < 4.78 is 0. The molecule has 1 aromatic heterocycles. The number of aromatic nitrogens is 2. The van der Waals surface area contributed by atoms with E-state index in [4.69, 9.17) is 5.14 Å². The van der Waals surface area contributed by atoms with Crippen LogP contribution in [0.3, 0.4) is 0 Å². The van der Waals surface area contributed by atoms with Crippen molar-refractivity contribution in [3.8, 4) is 0 Å². The van der Waals surface area contributed by atoms with Crippen LogP contribution < -0.4 is 5.14 Å². The Morgan fingerprint density at radius 3 is 2.20 bits per heavy atom. The Morgan fingerprint density at radius 1 is 1.33 bits per heavy atom. The van der Waals surface area contributed by atoms with E-state index in [1.807, 2.05) is 19.3 Å². The molecular formula is C11H21N3S. The van der Waals surface area contributed by atoms with Gasteiger partial charge in [0.2, 0.25) is 0 Å². The molecule has 0 radical (unpaired) electrons. The van der Waals surface area contributed by atoms with Gasteiger partial charge in [0, 0.05) is 24.1 Å². The number of rotatable bonds is 3. The summed E-state index contributed by atoms with van der Waals surface area (Å²) in [6, 6.07) is 0. The molecule has 0 aromatic carbocycles. The van der Waals surface area contributed by atoms with Gasteiger partial charge >= 0.3 is 0 Å². The molecule has 0 amide bonds. The van der Waals surface area contributed by atoms with Gasteiger partial charge in [-0.15, -0.1) is 0 Å². The molecule has 4 heteroatoms. The van der Waals surface area contributed by atoms with Crippen LogP contribution in [0.15, 0.2) is 12.4 Å². The number of aryl methyl sites for hydroxylation is 1. The minimum atomic E-state index is 0.382. The van der Waals surface area contributed by atoms with Crippen LogP contribution in [0.25, 0.3) is 0 Å². The molecule has 1 unspecified atom stereocenters. The molecule has 1 aromatic rings. The molecule has 1 atom stereocenters. The molecule has 0 spiro atoms. The van der Waals surface area contributed by atoms with Gasteiger partial charge in [0.05, 0.1) is 0 Å². The topological polar surface area (TPSA) is 51.8 Å². The third-order valence-corrected chi connectivity index (χ3v) is 2.17. The fraction of sp³-hybridized carbons (Fsp3) is 0.636. The lowest BCUT2D eigenvalue weighted by Gasteiger charge is -2.05. The summed E-state index contributed by atoms with van der Waals surface area (Å²) in [6.07, 6.45) is 5.74. The van der Waals surface area contributed by atoms with Crippen molar-refractivity contribution in [2.75, 3.05) is 0 Å². The van der Waals surface area contributed by atoms with Crippen LogP contribution in [-0.4, -0.2) is 15.2 Å². The second kappa shape index (κ2) is 8.68. The largest absolute Gasteiger partial charge is 0.278 e. The van der Waals surface area contributed by atoms with E-state index in [-0.39, 0.29) is 0 Å². The number of hydrogen-bond acceptors (Lipinski definition) is 4. The van der Waals surface area contributed by atoms with Gasteiger partial charge in [-0.2, -0.15) is 0 Å². The zero-order valence-electron chi connectivity index (χ0n) is 10.0. The first-order valence-electron chi connectivity index (χ1n) is 5.27. The first-order chi connectivity index (χ1) is 7.13.